The Hall–Kier alpha value is -2.75. The Morgan fingerprint density at radius 1 is 1.48 bits per heavy atom. The molecule has 1 atom stereocenters. The predicted molar refractivity (Wildman–Crippen MR) is 77.9 cm³/mol. The van der Waals surface area contributed by atoms with Gasteiger partial charge in [-0.2, -0.15) is 5.10 Å². The van der Waals surface area contributed by atoms with E-state index in [0.717, 1.165) is 17.0 Å². The largest absolute Gasteiger partial charge is 0.377 e. The summed E-state index contributed by atoms with van der Waals surface area (Å²) < 4.78 is 5.50. The van der Waals surface area contributed by atoms with Crippen molar-refractivity contribution in [2.45, 2.75) is 19.9 Å². The highest BCUT2D eigenvalue weighted by Gasteiger charge is 2.35. The van der Waals surface area contributed by atoms with E-state index in [4.69, 9.17) is 4.74 Å². The van der Waals surface area contributed by atoms with Crippen molar-refractivity contribution in [3.63, 3.8) is 0 Å². The van der Waals surface area contributed by atoms with E-state index < -0.39 is 16.6 Å². The highest BCUT2D eigenvalue weighted by molar-refractivity contribution is 5.97. The number of aromatic nitrogens is 4. The van der Waals surface area contributed by atoms with Crippen LogP contribution in [0.25, 0.3) is 0 Å². The molecule has 0 spiro atoms. The molecule has 10 nitrogen and oxygen atoms in total. The number of ether oxygens (including phenoxy) is 1. The van der Waals surface area contributed by atoms with Crippen molar-refractivity contribution >= 4 is 11.7 Å². The monoisotopic (exact) mass is 320 g/mol. The quantitative estimate of drug-likeness (QED) is 0.637. The second-order valence-corrected chi connectivity index (χ2v) is 5.33. The average molecular weight is 320 g/mol. The predicted octanol–water partition coefficient (Wildman–Crippen LogP) is 0.872. The lowest BCUT2D eigenvalue weighted by molar-refractivity contribution is -0.389. The molecule has 1 aliphatic heterocycles. The summed E-state index contributed by atoms with van der Waals surface area (Å²) in [7, 11) is 0. The third-order valence-corrected chi connectivity index (χ3v) is 3.94. The number of nitrogens with one attached hydrogen (secondary N) is 2. The number of nitro groups is 1. The number of rotatable bonds is 3. The van der Waals surface area contributed by atoms with E-state index in [1.54, 1.807) is 4.90 Å². The van der Waals surface area contributed by atoms with E-state index in [1.165, 1.54) is 6.20 Å². The highest BCUT2D eigenvalue weighted by atomic mass is 16.6. The van der Waals surface area contributed by atoms with Crippen molar-refractivity contribution < 1.29 is 14.5 Å². The molecule has 2 N–H and O–H groups in total. The summed E-state index contributed by atoms with van der Waals surface area (Å²) >= 11 is 0. The molecule has 1 unspecified atom stereocenters. The van der Waals surface area contributed by atoms with Crippen LogP contribution in [0.15, 0.2) is 6.20 Å². The van der Waals surface area contributed by atoms with Crippen LogP contribution in [0.1, 0.15) is 33.4 Å². The van der Waals surface area contributed by atoms with Crippen molar-refractivity contribution in [2.24, 2.45) is 0 Å². The first-order valence-corrected chi connectivity index (χ1v) is 7.08. The second-order valence-electron chi connectivity index (χ2n) is 5.33. The lowest BCUT2D eigenvalue weighted by Crippen LogP contribution is -2.43. The number of morpholine rings is 1. The molecule has 1 saturated heterocycles. The van der Waals surface area contributed by atoms with E-state index in [0.29, 0.717) is 19.8 Å². The number of aryl methyl sites for hydroxylation is 2. The number of nitrogens with zero attached hydrogens (tertiary/aromatic N) is 4. The van der Waals surface area contributed by atoms with Gasteiger partial charge in [0.25, 0.3) is 5.91 Å². The molecule has 2 aromatic heterocycles. The van der Waals surface area contributed by atoms with Crippen molar-refractivity contribution in [3.05, 3.63) is 38.8 Å². The normalized spacial score (nSPS) is 18.2. The lowest BCUT2D eigenvalue weighted by atomic mass is 10.0. The van der Waals surface area contributed by atoms with Gasteiger partial charge in [0.2, 0.25) is 0 Å². The van der Waals surface area contributed by atoms with Crippen LogP contribution >= 0.6 is 0 Å². The molecule has 0 aromatic carbocycles. The summed E-state index contributed by atoms with van der Waals surface area (Å²) in [5.74, 6) is -0.848. The van der Waals surface area contributed by atoms with Gasteiger partial charge in [-0.3, -0.25) is 9.89 Å². The Bertz CT molecular complexity index is 732. The van der Waals surface area contributed by atoms with Gasteiger partial charge in [0.05, 0.1) is 31.1 Å². The fraction of sp³-hybridized carbons (Fsp3) is 0.462. The highest BCUT2D eigenvalue weighted by Crippen LogP contribution is 2.30. The van der Waals surface area contributed by atoms with E-state index in [2.05, 4.69) is 20.4 Å². The van der Waals surface area contributed by atoms with Gasteiger partial charge in [-0.1, -0.05) is 5.10 Å². The molecule has 10 heteroatoms. The topological polar surface area (TPSA) is 130 Å². The van der Waals surface area contributed by atoms with Gasteiger partial charge in [0, 0.05) is 17.8 Å². The van der Waals surface area contributed by atoms with Crippen molar-refractivity contribution in [2.75, 3.05) is 19.8 Å². The molecule has 0 saturated carbocycles. The number of carbonyl (C=O) groups excluding carboxylic acids is 1. The number of hydrogen-bond acceptors (Lipinski definition) is 6. The minimum absolute atomic E-state index is 0.0549. The lowest BCUT2D eigenvalue weighted by Gasteiger charge is -2.35. The molecule has 1 fully saturated rings. The molecule has 23 heavy (non-hydrogen) atoms. The summed E-state index contributed by atoms with van der Waals surface area (Å²) in [5, 5.41) is 23.9. The molecule has 0 radical (unpaired) electrons. The molecular weight excluding hydrogens is 304 g/mol. The summed E-state index contributed by atoms with van der Waals surface area (Å²) in [6.45, 7) is 4.75. The first kappa shape index (κ1) is 15.2. The van der Waals surface area contributed by atoms with Crippen LogP contribution in [0.3, 0.4) is 0 Å². The number of hydrogen-bond donors (Lipinski definition) is 2. The molecule has 1 amide bonds. The van der Waals surface area contributed by atoms with Gasteiger partial charge < -0.3 is 19.8 Å². The molecule has 0 aliphatic carbocycles. The average Bonchev–Trinajstić information content (AvgIpc) is 3.14. The molecule has 3 rings (SSSR count). The van der Waals surface area contributed by atoms with Crippen molar-refractivity contribution in [1.29, 1.82) is 0 Å². The zero-order valence-electron chi connectivity index (χ0n) is 12.7. The van der Waals surface area contributed by atoms with Crippen LogP contribution in [0.5, 0.6) is 0 Å². The second kappa shape index (κ2) is 5.80. The number of H-pyrrole nitrogens is 2. The van der Waals surface area contributed by atoms with Gasteiger partial charge in [0.15, 0.2) is 5.56 Å². The minimum Gasteiger partial charge on any atom is -0.377 e. The van der Waals surface area contributed by atoms with E-state index in [-0.39, 0.29) is 11.6 Å². The van der Waals surface area contributed by atoms with Crippen LogP contribution in [0, 0.1) is 24.0 Å². The van der Waals surface area contributed by atoms with Crippen molar-refractivity contribution in [1.82, 2.24) is 25.3 Å². The Morgan fingerprint density at radius 3 is 2.91 bits per heavy atom. The van der Waals surface area contributed by atoms with Gasteiger partial charge in [0.1, 0.15) is 0 Å². The number of amides is 1. The van der Waals surface area contributed by atoms with Crippen LogP contribution in [0.2, 0.25) is 0 Å². The zero-order valence-corrected chi connectivity index (χ0v) is 12.7. The van der Waals surface area contributed by atoms with Crippen LogP contribution in [0.4, 0.5) is 5.82 Å². The summed E-state index contributed by atoms with van der Waals surface area (Å²) in [6.07, 6.45) is 1.18. The van der Waals surface area contributed by atoms with Crippen molar-refractivity contribution in [3.8, 4) is 0 Å². The van der Waals surface area contributed by atoms with Gasteiger partial charge >= 0.3 is 5.82 Å². The van der Waals surface area contributed by atoms with E-state index in [1.807, 2.05) is 13.8 Å². The Balaban J connectivity index is 1.97. The molecule has 122 valence electrons. The van der Waals surface area contributed by atoms with E-state index in [9.17, 15) is 14.9 Å². The number of carbonyl (C=O) groups is 1. The smallest absolute Gasteiger partial charge is 0.355 e. The molecule has 1 aliphatic rings. The first-order valence-electron chi connectivity index (χ1n) is 7.08. The maximum Gasteiger partial charge on any atom is 0.355 e. The molecular formula is C13H16N6O4. The zero-order chi connectivity index (χ0) is 16.6. The summed E-state index contributed by atoms with van der Waals surface area (Å²) in [5.41, 5.74) is 2.44. The summed E-state index contributed by atoms with van der Waals surface area (Å²) in [4.78, 5) is 24.7. The molecule has 3 heterocycles. The van der Waals surface area contributed by atoms with Gasteiger partial charge in [-0.05, 0) is 18.8 Å². The fourth-order valence-corrected chi connectivity index (χ4v) is 2.87. The third kappa shape index (κ3) is 2.57. The van der Waals surface area contributed by atoms with Crippen LogP contribution in [-0.4, -0.2) is 55.9 Å². The summed E-state index contributed by atoms with van der Waals surface area (Å²) in [6, 6.07) is -0.343. The van der Waals surface area contributed by atoms with Gasteiger partial charge in [-0.25, -0.2) is 0 Å². The maximum atomic E-state index is 12.8. The first-order chi connectivity index (χ1) is 11.0. The Kier molecular flexibility index (Phi) is 3.82. The molecule has 2 aromatic rings. The Morgan fingerprint density at radius 2 is 2.26 bits per heavy atom. The maximum absolute atomic E-state index is 12.8. The SMILES string of the molecule is Cc1n[nH]c(C)c1C1COCCN1C(=O)c1cn[nH]c1[N+](=O)[O-]. The Labute approximate surface area is 131 Å². The number of aromatic amines is 2. The third-order valence-electron chi connectivity index (χ3n) is 3.94. The van der Waals surface area contributed by atoms with Crippen LogP contribution < -0.4 is 0 Å². The van der Waals surface area contributed by atoms with E-state index >= 15 is 0 Å². The standard InChI is InChI=1S/C13H16N6O4/c1-7-11(8(2)16-15-7)10-6-23-4-3-18(10)13(20)9-5-14-17-12(9)19(21)22/h5,10H,3-4,6H2,1-2H3,(H,14,17)(H,15,16). The molecule has 0 bridgehead atoms. The van der Waals surface area contributed by atoms with Crippen LogP contribution in [-0.2, 0) is 4.74 Å². The minimum atomic E-state index is -0.649. The fourth-order valence-electron chi connectivity index (χ4n) is 2.87. The van der Waals surface area contributed by atoms with Gasteiger partial charge in [-0.15, -0.1) is 5.10 Å².